The molecule has 0 unspecified atom stereocenters. The number of aromatic nitrogens is 2. The van der Waals surface area contributed by atoms with E-state index in [0.29, 0.717) is 24.7 Å². The molecule has 1 aliphatic heterocycles. The van der Waals surface area contributed by atoms with Gasteiger partial charge in [0.2, 0.25) is 5.88 Å². The fourth-order valence-corrected chi connectivity index (χ4v) is 2.78. The van der Waals surface area contributed by atoms with E-state index in [2.05, 4.69) is 27.8 Å². The van der Waals surface area contributed by atoms with Crippen molar-refractivity contribution in [2.24, 2.45) is 10.7 Å². The van der Waals surface area contributed by atoms with E-state index in [0.717, 1.165) is 22.7 Å². The first-order valence-corrected chi connectivity index (χ1v) is 7.52. The molecule has 5 heteroatoms. The molecule has 0 radical (unpaired) electrons. The number of pyridine rings is 1. The Kier molecular flexibility index (Phi) is 3.40. The molecule has 3 heterocycles. The number of benzene rings is 1. The van der Waals surface area contributed by atoms with Gasteiger partial charge in [0, 0.05) is 24.5 Å². The summed E-state index contributed by atoms with van der Waals surface area (Å²) in [5.41, 5.74) is 10.5. The van der Waals surface area contributed by atoms with Crippen molar-refractivity contribution in [2.45, 2.75) is 0 Å². The van der Waals surface area contributed by atoms with Gasteiger partial charge in [0.05, 0.1) is 17.1 Å². The average Bonchev–Trinajstić information content (AvgIpc) is 3.17. The molecule has 1 aliphatic rings. The van der Waals surface area contributed by atoms with Crippen LogP contribution >= 0.6 is 0 Å². The van der Waals surface area contributed by atoms with Crippen LogP contribution in [0.25, 0.3) is 5.69 Å². The number of rotatable bonds is 4. The van der Waals surface area contributed by atoms with E-state index in [1.165, 1.54) is 0 Å². The molecule has 0 bridgehead atoms. The quantitative estimate of drug-likeness (QED) is 0.630. The summed E-state index contributed by atoms with van der Waals surface area (Å²) < 4.78 is 7.75. The molecular weight excluding hydrogens is 288 g/mol. The highest BCUT2D eigenvalue weighted by atomic mass is 16.5. The molecule has 0 saturated heterocycles. The number of hydrogen-bond acceptors (Lipinski definition) is 4. The second-order valence-electron chi connectivity index (χ2n) is 5.21. The zero-order valence-electron chi connectivity index (χ0n) is 12.5. The van der Waals surface area contributed by atoms with Crippen LogP contribution in [0.1, 0.15) is 11.3 Å². The Morgan fingerprint density at radius 2 is 2.00 bits per heavy atom. The molecule has 23 heavy (non-hydrogen) atoms. The molecule has 114 valence electrons. The van der Waals surface area contributed by atoms with Gasteiger partial charge >= 0.3 is 0 Å². The van der Waals surface area contributed by atoms with Gasteiger partial charge in [0.15, 0.2) is 0 Å². The summed E-state index contributed by atoms with van der Waals surface area (Å²) in [6.45, 7) is 0.861. The van der Waals surface area contributed by atoms with E-state index in [1.807, 2.05) is 36.5 Å². The Morgan fingerprint density at radius 3 is 2.91 bits per heavy atom. The Balaban J connectivity index is 1.84. The first-order valence-electron chi connectivity index (χ1n) is 7.52. The second kappa shape index (κ2) is 5.70. The third kappa shape index (κ3) is 2.31. The Hall–Kier alpha value is -2.92. The lowest BCUT2D eigenvalue weighted by molar-refractivity contribution is 0.317. The largest absolute Gasteiger partial charge is 0.475 e. The minimum absolute atomic E-state index is 0.418. The van der Waals surface area contributed by atoms with Crippen molar-refractivity contribution < 1.29 is 4.74 Å². The number of ether oxygens (including phenoxy) is 1. The zero-order chi connectivity index (χ0) is 15.6. The van der Waals surface area contributed by atoms with Crippen LogP contribution in [-0.4, -0.2) is 28.4 Å². The minimum atomic E-state index is 0.418. The van der Waals surface area contributed by atoms with Crippen molar-refractivity contribution >= 4 is 11.4 Å². The van der Waals surface area contributed by atoms with E-state index in [4.69, 9.17) is 15.5 Å². The molecule has 0 spiro atoms. The summed E-state index contributed by atoms with van der Waals surface area (Å²) in [6.07, 6.45) is 3.74. The van der Waals surface area contributed by atoms with Gasteiger partial charge < -0.3 is 15.0 Å². The van der Waals surface area contributed by atoms with Crippen LogP contribution in [-0.2, 0) is 0 Å². The number of nitrogens with zero attached hydrogens (tertiary/aromatic N) is 3. The topological polar surface area (TPSA) is 65.4 Å². The third-order valence-corrected chi connectivity index (χ3v) is 3.75. The number of hydrogen-bond donors (Lipinski definition) is 1. The predicted octanol–water partition coefficient (Wildman–Crippen LogP) is 2.69. The van der Waals surface area contributed by atoms with Gasteiger partial charge in [-0.05, 0) is 30.3 Å². The number of para-hydroxylation sites is 1. The summed E-state index contributed by atoms with van der Waals surface area (Å²) >= 11 is 0. The van der Waals surface area contributed by atoms with Crippen LogP contribution in [0.3, 0.4) is 0 Å². The molecule has 5 nitrogen and oxygen atoms in total. The zero-order valence-corrected chi connectivity index (χ0v) is 12.5. The number of fused-ring (bicyclic) bond motifs is 3. The summed E-state index contributed by atoms with van der Waals surface area (Å²) in [5, 5.41) is 0. The molecule has 1 aromatic carbocycles. The first kappa shape index (κ1) is 13.7. The van der Waals surface area contributed by atoms with Crippen LogP contribution < -0.4 is 10.5 Å². The smallest absolute Gasteiger partial charge is 0.239 e. The average molecular weight is 304 g/mol. The number of aliphatic imine (C=N–C) groups is 1. The molecule has 0 atom stereocenters. The molecule has 2 N–H and O–H groups in total. The fourth-order valence-electron chi connectivity index (χ4n) is 2.78. The monoisotopic (exact) mass is 304 g/mol. The van der Waals surface area contributed by atoms with Gasteiger partial charge in [-0.1, -0.05) is 18.2 Å². The summed E-state index contributed by atoms with van der Waals surface area (Å²) in [4.78, 5) is 9.10. The van der Waals surface area contributed by atoms with E-state index >= 15 is 0 Å². The highest BCUT2D eigenvalue weighted by Gasteiger charge is 2.24. The van der Waals surface area contributed by atoms with Gasteiger partial charge in [0.1, 0.15) is 12.3 Å². The predicted molar refractivity (Wildman–Crippen MR) is 89.9 cm³/mol. The maximum absolute atomic E-state index is 5.60. The Bertz CT molecular complexity index is 882. The van der Waals surface area contributed by atoms with Crippen LogP contribution in [0, 0.1) is 0 Å². The summed E-state index contributed by atoms with van der Waals surface area (Å²) in [5.74, 6) is 0.507. The molecule has 0 saturated carbocycles. The lowest BCUT2D eigenvalue weighted by Crippen LogP contribution is -2.11. The SMILES string of the molecule is NCCOc1ncccc1N=C1c2ccccc2-n2cccc21. The maximum atomic E-state index is 5.60. The molecule has 4 rings (SSSR count). The lowest BCUT2D eigenvalue weighted by atomic mass is 10.1. The van der Waals surface area contributed by atoms with Crippen molar-refractivity contribution in [3.05, 3.63) is 72.2 Å². The fraction of sp³-hybridized carbons (Fsp3) is 0.111. The number of nitrogens with two attached hydrogens (primary N) is 1. The third-order valence-electron chi connectivity index (χ3n) is 3.75. The Morgan fingerprint density at radius 1 is 1.09 bits per heavy atom. The molecule has 2 aromatic heterocycles. The van der Waals surface area contributed by atoms with Crippen molar-refractivity contribution in [3.63, 3.8) is 0 Å². The van der Waals surface area contributed by atoms with Gasteiger partial charge in [-0.15, -0.1) is 0 Å². The van der Waals surface area contributed by atoms with Crippen LogP contribution in [0.5, 0.6) is 5.88 Å². The van der Waals surface area contributed by atoms with E-state index < -0.39 is 0 Å². The highest BCUT2D eigenvalue weighted by molar-refractivity contribution is 6.18. The van der Waals surface area contributed by atoms with E-state index in [-0.39, 0.29) is 0 Å². The van der Waals surface area contributed by atoms with Gasteiger partial charge in [0.25, 0.3) is 0 Å². The lowest BCUT2D eigenvalue weighted by Gasteiger charge is -2.07. The maximum Gasteiger partial charge on any atom is 0.239 e. The van der Waals surface area contributed by atoms with Gasteiger partial charge in [-0.25, -0.2) is 9.98 Å². The molecular formula is C18H16N4O. The van der Waals surface area contributed by atoms with E-state index in [9.17, 15) is 0 Å². The summed E-state index contributed by atoms with van der Waals surface area (Å²) in [6, 6.07) is 16.1. The van der Waals surface area contributed by atoms with Crippen molar-refractivity contribution in [1.82, 2.24) is 9.55 Å². The van der Waals surface area contributed by atoms with Gasteiger partial charge in [-0.3, -0.25) is 0 Å². The van der Waals surface area contributed by atoms with Crippen molar-refractivity contribution in [3.8, 4) is 11.6 Å². The van der Waals surface area contributed by atoms with Crippen LogP contribution in [0.4, 0.5) is 5.69 Å². The first-order chi connectivity index (χ1) is 11.4. The highest BCUT2D eigenvalue weighted by Crippen LogP contribution is 2.32. The molecule has 3 aromatic rings. The van der Waals surface area contributed by atoms with E-state index in [1.54, 1.807) is 6.20 Å². The standard InChI is InChI=1S/C18H16N4O/c19-9-12-23-18-14(6-3-10-20-18)21-17-13-5-1-2-7-15(13)22-11-4-8-16(17)22/h1-8,10-11H,9,12,19H2. The normalized spacial score (nSPS) is 13.9. The summed E-state index contributed by atoms with van der Waals surface area (Å²) in [7, 11) is 0. The molecule has 0 amide bonds. The van der Waals surface area contributed by atoms with Crippen LogP contribution in [0.15, 0.2) is 65.9 Å². The van der Waals surface area contributed by atoms with Gasteiger partial charge in [-0.2, -0.15) is 0 Å². The Labute approximate surface area is 134 Å². The van der Waals surface area contributed by atoms with Crippen molar-refractivity contribution in [2.75, 3.05) is 13.2 Å². The van der Waals surface area contributed by atoms with Crippen LogP contribution in [0.2, 0.25) is 0 Å². The molecule has 0 aliphatic carbocycles. The van der Waals surface area contributed by atoms with Crippen molar-refractivity contribution in [1.29, 1.82) is 0 Å². The second-order valence-corrected chi connectivity index (χ2v) is 5.21. The molecule has 0 fully saturated rings. The minimum Gasteiger partial charge on any atom is -0.475 e.